The standard InChI is InChI=1S/C32H30N4/c33-23-25-11-15-29(16-12-25)35(27-7-3-1-4-8-27)31-19-21-32(22-20-31)36(28-9-5-2-6-10-28)30-17-13-26(24-34)14-18-30/h1-22H,23-24,33-34H2. The van der Waals surface area contributed by atoms with Gasteiger partial charge >= 0.3 is 0 Å². The largest absolute Gasteiger partial charge is 0.326 e. The Balaban J connectivity index is 1.55. The van der Waals surface area contributed by atoms with Crippen LogP contribution in [0.15, 0.2) is 133 Å². The number of benzene rings is 5. The van der Waals surface area contributed by atoms with Gasteiger partial charge in [0, 0.05) is 47.2 Å². The van der Waals surface area contributed by atoms with E-state index in [-0.39, 0.29) is 0 Å². The van der Waals surface area contributed by atoms with Crippen LogP contribution in [0, 0.1) is 0 Å². The molecule has 5 aromatic carbocycles. The zero-order valence-electron chi connectivity index (χ0n) is 20.2. The normalized spacial score (nSPS) is 10.7. The predicted molar refractivity (Wildman–Crippen MR) is 152 cm³/mol. The molecule has 0 aromatic heterocycles. The van der Waals surface area contributed by atoms with Gasteiger partial charge in [-0.3, -0.25) is 0 Å². The fraction of sp³-hybridized carbons (Fsp3) is 0.0625. The summed E-state index contributed by atoms with van der Waals surface area (Å²) >= 11 is 0. The van der Waals surface area contributed by atoms with E-state index in [1.54, 1.807) is 0 Å². The molecule has 36 heavy (non-hydrogen) atoms. The minimum absolute atomic E-state index is 0.530. The Bertz CT molecular complexity index is 1260. The molecule has 0 atom stereocenters. The monoisotopic (exact) mass is 470 g/mol. The van der Waals surface area contributed by atoms with Gasteiger partial charge in [0.15, 0.2) is 0 Å². The molecule has 0 bridgehead atoms. The fourth-order valence-electron chi connectivity index (χ4n) is 4.36. The number of anilines is 6. The van der Waals surface area contributed by atoms with Crippen molar-refractivity contribution in [1.29, 1.82) is 0 Å². The van der Waals surface area contributed by atoms with E-state index in [0.717, 1.165) is 45.3 Å². The highest BCUT2D eigenvalue weighted by atomic mass is 15.2. The zero-order chi connectivity index (χ0) is 24.7. The van der Waals surface area contributed by atoms with E-state index in [0.29, 0.717) is 13.1 Å². The number of hydrogen-bond acceptors (Lipinski definition) is 4. The quantitative estimate of drug-likeness (QED) is 0.246. The molecule has 0 radical (unpaired) electrons. The van der Waals surface area contributed by atoms with E-state index >= 15 is 0 Å². The summed E-state index contributed by atoms with van der Waals surface area (Å²) in [5, 5.41) is 0. The van der Waals surface area contributed by atoms with Crippen molar-refractivity contribution in [3.05, 3.63) is 145 Å². The number of nitrogens with zero attached hydrogens (tertiary/aromatic N) is 2. The Labute approximate surface area is 213 Å². The smallest absolute Gasteiger partial charge is 0.0463 e. The molecule has 0 saturated carbocycles. The van der Waals surface area contributed by atoms with Gasteiger partial charge in [-0.05, 0) is 83.9 Å². The Morgan fingerprint density at radius 2 is 0.583 bits per heavy atom. The summed E-state index contributed by atoms with van der Waals surface area (Å²) in [4.78, 5) is 4.51. The van der Waals surface area contributed by atoms with Crippen LogP contribution in [-0.4, -0.2) is 0 Å². The van der Waals surface area contributed by atoms with Crippen LogP contribution in [0.25, 0.3) is 0 Å². The summed E-state index contributed by atoms with van der Waals surface area (Å²) in [6, 6.07) is 46.3. The second kappa shape index (κ2) is 10.9. The third-order valence-electron chi connectivity index (χ3n) is 6.26. The highest BCUT2D eigenvalue weighted by molar-refractivity contribution is 5.81. The van der Waals surface area contributed by atoms with E-state index < -0.39 is 0 Å². The summed E-state index contributed by atoms with van der Waals surface area (Å²) in [5.41, 5.74) is 20.4. The first kappa shape index (κ1) is 23.4. The molecule has 5 aromatic rings. The van der Waals surface area contributed by atoms with Crippen molar-refractivity contribution < 1.29 is 0 Å². The first-order valence-electron chi connectivity index (χ1n) is 12.2. The highest BCUT2D eigenvalue weighted by Gasteiger charge is 2.15. The molecule has 0 aliphatic carbocycles. The molecular weight excluding hydrogens is 440 g/mol. The summed E-state index contributed by atoms with van der Waals surface area (Å²) in [5.74, 6) is 0. The second-order valence-electron chi connectivity index (χ2n) is 8.60. The molecule has 178 valence electrons. The number of nitrogens with two attached hydrogens (primary N) is 2. The van der Waals surface area contributed by atoms with Crippen LogP contribution in [0.1, 0.15) is 11.1 Å². The molecule has 0 spiro atoms. The van der Waals surface area contributed by atoms with Crippen molar-refractivity contribution in [3.8, 4) is 0 Å². The minimum atomic E-state index is 0.530. The van der Waals surface area contributed by atoms with E-state index in [9.17, 15) is 0 Å². The molecule has 4 N–H and O–H groups in total. The molecule has 0 fully saturated rings. The van der Waals surface area contributed by atoms with E-state index in [4.69, 9.17) is 11.5 Å². The molecule has 0 aliphatic heterocycles. The van der Waals surface area contributed by atoms with Crippen LogP contribution in [0.2, 0.25) is 0 Å². The highest BCUT2D eigenvalue weighted by Crippen LogP contribution is 2.38. The average molecular weight is 471 g/mol. The van der Waals surface area contributed by atoms with Crippen LogP contribution in [0.5, 0.6) is 0 Å². The fourth-order valence-corrected chi connectivity index (χ4v) is 4.36. The van der Waals surface area contributed by atoms with Gasteiger partial charge in [0.25, 0.3) is 0 Å². The van der Waals surface area contributed by atoms with Crippen LogP contribution in [-0.2, 0) is 13.1 Å². The SMILES string of the molecule is NCc1ccc(N(c2ccccc2)c2ccc(N(c3ccccc3)c3ccc(CN)cc3)cc2)cc1. The number of hydrogen-bond donors (Lipinski definition) is 2. The summed E-state index contributed by atoms with van der Waals surface area (Å²) in [7, 11) is 0. The van der Waals surface area contributed by atoms with Crippen LogP contribution >= 0.6 is 0 Å². The van der Waals surface area contributed by atoms with Gasteiger partial charge < -0.3 is 21.3 Å². The third-order valence-corrected chi connectivity index (χ3v) is 6.26. The maximum Gasteiger partial charge on any atom is 0.0463 e. The Hall–Kier alpha value is -4.38. The van der Waals surface area contributed by atoms with Crippen molar-refractivity contribution in [1.82, 2.24) is 0 Å². The molecule has 0 amide bonds. The Morgan fingerprint density at radius 1 is 0.333 bits per heavy atom. The van der Waals surface area contributed by atoms with E-state index in [1.165, 1.54) is 0 Å². The molecule has 0 unspecified atom stereocenters. The van der Waals surface area contributed by atoms with Gasteiger partial charge in [0.05, 0.1) is 0 Å². The summed E-state index contributed by atoms with van der Waals surface area (Å²) in [6.07, 6.45) is 0. The molecule has 5 rings (SSSR count). The maximum absolute atomic E-state index is 5.83. The lowest BCUT2D eigenvalue weighted by atomic mass is 10.1. The lowest BCUT2D eigenvalue weighted by Gasteiger charge is -2.28. The topological polar surface area (TPSA) is 58.5 Å². The van der Waals surface area contributed by atoms with Crippen LogP contribution in [0.3, 0.4) is 0 Å². The Kier molecular flexibility index (Phi) is 7.08. The first-order chi connectivity index (χ1) is 17.8. The first-order valence-corrected chi connectivity index (χ1v) is 12.2. The van der Waals surface area contributed by atoms with Gasteiger partial charge in [-0.15, -0.1) is 0 Å². The van der Waals surface area contributed by atoms with Crippen LogP contribution < -0.4 is 21.3 Å². The van der Waals surface area contributed by atoms with Gasteiger partial charge in [0.1, 0.15) is 0 Å². The van der Waals surface area contributed by atoms with Crippen LogP contribution in [0.4, 0.5) is 34.1 Å². The van der Waals surface area contributed by atoms with Gasteiger partial charge in [-0.25, -0.2) is 0 Å². The van der Waals surface area contributed by atoms with Gasteiger partial charge in [-0.1, -0.05) is 60.7 Å². The molecular formula is C32H30N4. The van der Waals surface area contributed by atoms with E-state index in [1.807, 2.05) is 12.1 Å². The van der Waals surface area contributed by atoms with Gasteiger partial charge in [-0.2, -0.15) is 0 Å². The van der Waals surface area contributed by atoms with Crippen molar-refractivity contribution in [3.63, 3.8) is 0 Å². The Morgan fingerprint density at radius 3 is 0.861 bits per heavy atom. The lowest BCUT2D eigenvalue weighted by molar-refractivity contribution is 1.07. The number of rotatable bonds is 8. The van der Waals surface area contributed by atoms with E-state index in [2.05, 4.69) is 131 Å². The second-order valence-corrected chi connectivity index (χ2v) is 8.60. The molecule has 4 heteroatoms. The third kappa shape index (κ3) is 5.01. The van der Waals surface area contributed by atoms with Gasteiger partial charge in [0.2, 0.25) is 0 Å². The molecule has 0 aliphatic rings. The zero-order valence-corrected chi connectivity index (χ0v) is 20.2. The maximum atomic E-state index is 5.83. The van der Waals surface area contributed by atoms with Crippen molar-refractivity contribution in [2.24, 2.45) is 11.5 Å². The van der Waals surface area contributed by atoms with Crippen molar-refractivity contribution in [2.75, 3.05) is 9.80 Å². The molecule has 4 nitrogen and oxygen atoms in total. The number of para-hydroxylation sites is 2. The van der Waals surface area contributed by atoms with Crippen molar-refractivity contribution in [2.45, 2.75) is 13.1 Å². The summed E-state index contributed by atoms with van der Waals surface area (Å²) in [6.45, 7) is 1.06. The van der Waals surface area contributed by atoms with Crippen molar-refractivity contribution >= 4 is 34.1 Å². The average Bonchev–Trinajstić information content (AvgIpc) is 2.96. The molecule has 0 saturated heterocycles. The molecule has 0 heterocycles. The lowest BCUT2D eigenvalue weighted by Crippen LogP contribution is -2.12. The minimum Gasteiger partial charge on any atom is -0.326 e. The summed E-state index contributed by atoms with van der Waals surface area (Å²) < 4.78 is 0. The predicted octanol–water partition coefficient (Wildman–Crippen LogP) is 7.54.